The number of nitrogens with zero attached hydrogens (tertiary/aromatic N) is 2. The van der Waals surface area contributed by atoms with Crippen LogP contribution in [0.4, 0.5) is 0 Å². The Kier molecular flexibility index (Phi) is 3.65. The summed E-state index contributed by atoms with van der Waals surface area (Å²) >= 11 is 0. The highest BCUT2D eigenvalue weighted by Gasteiger charge is 2.07. The molecule has 2 aromatic heterocycles. The first-order valence-electron chi connectivity index (χ1n) is 6.70. The minimum absolute atomic E-state index is 0.541. The number of hydrogen-bond donors (Lipinski definition) is 1. The Morgan fingerprint density at radius 1 is 1.10 bits per heavy atom. The van der Waals surface area contributed by atoms with Crippen LogP contribution < -0.4 is 10.5 Å². The monoisotopic (exact) mass is 267 g/mol. The summed E-state index contributed by atoms with van der Waals surface area (Å²) < 4.78 is 7.86. The van der Waals surface area contributed by atoms with Crippen LogP contribution in [0.15, 0.2) is 54.9 Å². The quantitative estimate of drug-likeness (QED) is 0.772. The summed E-state index contributed by atoms with van der Waals surface area (Å²) in [5.41, 5.74) is 8.55. The largest absolute Gasteiger partial charge is 0.485 e. The van der Waals surface area contributed by atoms with E-state index in [9.17, 15) is 0 Å². The Hall–Kier alpha value is -2.33. The maximum absolute atomic E-state index is 5.88. The van der Waals surface area contributed by atoms with E-state index in [1.807, 2.05) is 59.3 Å². The van der Waals surface area contributed by atoms with Crippen LogP contribution in [0.25, 0.3) is 5.65 Å². The molecule has 0 unspecified atom stereocenters. The lowest BCUT2D eigenvalue weighted by Crippen LogP contribution is -2.02. The van der Waals surface area contributed by atoms with Crippen molar-refractivity contribution in [2.45, 2.75) is 13.0 Å². The maximum atomic E-state index is 5.88. The van der Waals surface area contributed by atoms with Gasteiger partial charge in [-0.3, -0.25) is 0 Å². The fraction of sp³-hybridized carbons (Fsp3) is 0.188. The van der Waals surface area contributed by atoms with E-state index in [1.54, 1.807) is 0 Å². The van der Waals surface area contributed by atoms with Crippen LogP contribution in [0.2, 0.25) is 0 Å². The Bertz CT molecular complexity index is 691. The summed E-state index contributed by atoms with van der Waals surface area (Å²) in [6.07, 6.45) is 4.75. The number of pyridine rings is 1. The lowest BCUT2D eigenvalue weighted by Gasteiger charge is -2.07. The number of nitrogens with two attached hydrogens (primary N) is 1. The average Bonchev–Trinajstić information content (AvgIpc) is 2.89. The normalized spacial score (nSPS) is 10.8. The molecule has 2 heterocycles. The van der Waals surface area contributed by atoms with Crippen LogP contribution >= 0.6 is 0 Å². The molecule has 20 heavy (non-hydrogen) atoms. The fourth-order valence-electron chi connectivity index (χ4n) is 2.15. The van der Waals surface area contributed by atoms with Crippen molar-refractivity contribution in [1.29, 1.82) is 0 Å². The van der Waals surface area contributed by atoms with Crippen molar-refractivity contribution in [3.63, 3.8) is 0 Å². The Balaban J connectivity index is 1.83. The van der Waals surface area contributed by atoms with Gasteiger partial charge in [0.05, 0.1) is 5.69 Å². The van der Waals surface area contributed by atoms with Crippen LogP contribution in [-0.2, 0) is 13.0 Å². The molecule has 1 aromatic carbocycles. The Morgan fingerprint density at radius 2 is 1.95 bits per heavy atom. The Morgan fingerprint density at radius 3 is 2.75 bits per heavy atom. The first kappa shape index (κ1) is 12.7. The van der Waals surface area contributed by atoms with Crippen LogP contribution in [0.3, 0.4) is 0 Å². The van der Waals surface area contributed by atoms with E-state index in [-0.39, 0.29) is 0 Å². The van der Waals surface area contributed by atoms with Gasteiger partial charge in [-0.15, -0.1) is 0 Å². The zero-order valence-electron chi connectivity index (χ0n) is 11.2. The number of rotatable bonds is 5. The summed E-state index contributed by atoms with van der Waals surface area (Å²) in [6, 6.07) is 14.0. The number of benzene rings is 1. The molecule has 0 aliphatic rings. The van der Waals surface area contributed by atoms with E-state index in [0.29, 0.717) is 13.2 Å². The molecule has 3 rings (SSSR count). The van der Waals surface area contributed by atoms with Gasteiger partial charge in [-0.1, -0.05) is 30.3 Å². The first-order valence-corrected chi connectivity index (χ1v) is 6.70. The molecule has 4 nitrogen and oxygen atoms in total. The molecule has 3 aromatic rings. The molecule has 0 saturated carbocycles. The minimum Gasteiger partial charge on any atom is -0.485 e. The number of fused-ring (bicyclic) bond motifs is 1. The van der Waals surface area contributed by atoms with E-state index < -0.39 is 0 Å². The van der Waals surface area contributed by atoms with Gasteiger partial charge in [0.2, 0.25) is 0 Å². The van der Waals surface area contributed by atoms with Crippen molar-refractivity contribution >= 4 is 5.65 Å². The lowest BCUT2D eigenvalue weighted by atomic mass is 10.2. The van der Waals surface area contributed by atoms with Gasteiger partial charge in [-0.05, 0) is 24.2 Å². The van der Waals surface area contributed by atoms with E-state index >= 15 is 0 Å². The molecule has 0 spiro atoms. The summed E-state index contributed by atoms with van der Waals surface area (Å²) in [5.74, 6) is 0.791. The predicted octanol–water partition coefficient (Wildman–Crippen LogP) is 2.41. The van der Waals surface area contributed by atoms with Crippen molar-refractivity contribution in [3.8, 4) is 5.75 Å². The zero-order valence-corrected chi connectivity index (χ0v) is 11.2. The zero-order chi connectivity index (χ0) is 13.8. The number of ether oxygens (including phenoxy) is 1. The third kappa shape index (κ3) is 2.65. The highest BCUT2D eigenvalue weighted by molar-refractivity contribution is 5.54. The molecule has 4 heteroatoms. The minimum atomic E-state index is 0.541. The summed E-state index contributed by atoms with van der Waals surface area (Å²) in [6.45, 7) is 1.14. The number of imidazole rings is 1. The van der Waals surface area contributed by atoms with Crippen molar-refractivity contribution in [2.75, 3.05) is 6.54 Å². The van der Waals surface area contributed by atoms with Crippen LogP contribution in [0, 0.1) is 0 Å². The van der Waals surface area contributed by atoms with Gasteiger partial charge in [0, 0.05) is 18.8 Å². The van der Waals surface area contributed by atoms with E-state index in [0.717, 1.165) is 29.1 Å². The summed E-state index contributed by atoms with van der Waals surface area (Å²) in [5, 5.41) is 0. The fourth-order valence-corrected chi connectivity index (χ4v) is 2.15. The molecule has 0 radical (unpaired) electrons. The van der Waals surface area contributed by atoms with Crippen LogP contribution in [0.5, 0.6) is 5.75 Å². The highest BCUT2D eigenvalue weighted by atomic mass is 16.5. The Labute approximate surface area is 117 Å². The molecule has 0 atom stereocenters. The van der Waals surface area contributed by atoms with Crippen molar-refractivity contribution in [1.82, 2.24) is 9.38 Å². The molecular weight excluding hydrogens is 250 g/mol. The molecule has 0 aliphatic heterocycles. The molecule has 0 bridgehead atoms. The first-order chi connectivity index (χ1) is 9.86. The molecule has 0 aliphatic carbocycles. The second kappa shape index (κ2) is 5.75. The molecule has 0 fully saturated rings. The average molecular weight is 267 g/mol. The van der Waals surface area contributed by atoms with Gasteiger partial charge in [0.25, 0.3) is 0 Å². The summed E-state index contributed by atoms with van der Waals surface area (Å²) in [4.78, 5) is 4.57. The third-order valence-electron chi connectivity index (χ3n) is 3.13. The highest BCUT2D eigenvalue weighted by Crippen LogP contribution is 2.20. The predicted molar refractivity (Wildman–Crippen MR) is 78.7 cm³/mol. The molecule has 0 saturated heterocycles. The molecular formula is C16H17N3O. The SMILES string of the molecule is NCCc1cn2cccc(OCc3ccccc3)c2n1. The van der Waals surface area contributed by atoms with Gasteiger partial charge in [-0.25, -0.2) is 4.98 Å². The van der Waals surface area contributed by atoms with Crippen molar-refractivity contribution in [2.24, 2.45) is 5.73 Å². The summed E-state index contributed by atoms with van der Waals surface area (Å²) in [7, 11) is 0. The van der Waals surface area contributed by atoms with E-state index in [1.165, 1.54) is 0 Å². The topological polar surface area (TPSA) is 52.5 Å². The van der Waals surface area contributed by atoms with Gasteiger partial charge in [-0.2, -0.15) is 0 Å². The van der Waals surface area contributed by atoms with Gasteiger partial charge >= 0.3 is 0 Å². The third-order valence-corrected chi connectivity index (χ3v) is 3.13. The molecule has 2 N–H and O–H groups in total. The van der Waals surface area contributed by atoms with Gasteiger partial charge < -0.3 is 14.9 Å². The van der Waals surface area contributed by atoms with Crippen LogP contribution in [0.1, 0.15) is 11.3 Å². The maximum Gasteiger partial charge on any atom is 0.179 e. The number of aromatic nitrogens is 2. The molecule has 0 amide bonds. The molecule has 102 valence electrons. The van der Waals surface area contributed by atoms with E-state index in [4.69, 9.17) is 10.5 Å². The van der Waals surface area contributed by atoms with E-state index in [2.05, 4.69) is 4.98 Å². The van der Waals surface area contributed by atoms with Crippen LogP contribution in [-0.4, -0.2) is 15.9 Å². The van der Waals surface area contributed by atoms with Gasteiger partial charge in [0.15, 0.2) is 11.4 Å². The number of hydrogen-bond acceptors (Lipinski definition) is 3. The second-order valence-corrected chi connectivity index (χ2v) is 4.65. The lowest BCUT2D eigenvalue weighted by molar-refractivity contribution is 0.308. The van der Waals surface area contributed by atoms with Crippen molar-refractivity contribution < 1.29 is 4.74 Å². The second-order valence-electron chi connectivity index (χ2n) is 4.65. The van der Waals surface area contributed by atoms with Crippen molar-refractivity contribution in [3.05, 3.63) is 66.1 Å². The smallest absolute Gasteiger partial charge is 0.179 e. The standard InChI is InChI=1S/C16H17N3O/c17-9-8-14-11-19-10-4-7-15(16(19)18-14)20-12-13-5-2-1-3-6-13/h1-7,10-11H,8-9,12,17H2. The van der Waals surface area contributed by atoms with Gasteiger partial charge in [0.1, 0.15) is 6.61 Å².